The van der Waals surface area contributed by atoms with E-state index in [1.54, 1.807) is 11.3 Å². The van der Waals surface area contributed by atoms with Gasteiger partial charge in [0.15, 0.2) is 0 Å². The van der Waals surface area contributed by atoms with Gasteiger partial charge in [-0.2, -0.15) is 0 Å². The minimum atomic E-state index is -0.113. The fourth-order valence-electron chi connectivity index (χ4n) is 2.05. The molecule has 1 unspecified atom stereocenters. The third kappa shape index (κ3) is 3.53. The van der Waals surface area contributed by atoms with Crippen LogP contribution < -0.4 is 10.5 Å². The van der Waals surface area contributed by atoms with Crippen LogP contribution in [0.15, 0.2) is 69.8 Å². The highest BCUT2D eigenvalue weighted by molar-refractivity contribution is 9.11. The SMILES string of the molecule is NC(c1ccc(Oc2ccccc2)cc1)c1csc(Br)c1. The zero-order valence-electron chi connectivity index (χ0n) is 11.2. The minimum absolute atomic E-state index is 0.113. The number of para-hydroxylation sites is 1. The summed E-state index contributed by atoms with van der Waals surface area (Å²) in [6, 6.07) is 19.6. The first-order valence-corrected chi connectivity index (χ1v) is 8.22. The molecule has 1 heterocycles. The van der Waals surface area contributed by atoms with Gasteiger partial charge in [0.1, 0.15) is 11.5 Å². The molecule has 1 aromatic heterocycles. The Morgan fingerprint density at radius 2 is 1.57 bits per heavy atom. The fourth-order valence-corrected chi connectivity index (χ4v) is 3.26. The Morgan fingerprint density at radius 1 is 0.905 bits per heavy atom. The number of halogens is 1. The standard InChI is InChI=1S/C17H14BrNOS/c18-16-10-13(11-21-16)17(19)12-6-8-15(9-7-12)20-14-4-2-1-3-5-14/h1-11,17H,19H2. The van der Waals surface area contributed by atoms with Gasteiger partial charge in [-0.05, 0) is 62.8 Å². The van der Waals surface area contributed by atoms with Crippen molar-refractivity contribution in [1.82, 2.24) is 0 Å². The summed E-state index contributed by atoms with van der Waals surface area (Å²) in [6.45, 7) is 0. The van der Waals surface area contributed by atoms with E-state index in [4.69, 9.17) is 10.5 Å². The van der Waals surface area contributed by atoms with Crippen LogP contribution in [0, 0.1) is 0 Å². The largest absolute Gasteiger partial charge is 0.457 e. The Balaban J connectivity index is 1.75. The van der Waals surface area contributed by atoms with E-state index in [9.17, 15) is 0 Å². The van der Waals surface area contributed by atoms with E-state index in [2.05, 4.69) is 27.4 Å². The van der Waals surface area contributed by atoms with Crippen molar-refractivity contribution in [2.75, 3.05) is 0 Å². The van der Waals surface area contributed by atoms with Crippen molar-refractivity contribution in [2.45, 2.75) is 6.04 Å². The maximum absolute atomic E-state index is 6.28. The number of nitrogens with two attached hydrogens (primary N) is 1. The van der Waals surface area contributed by atoms with Crippen LogP contribution >= 0.6 is 27.3 Å². The molecule has 0 saturated carbocycles. The highest BCUT2D eigenvalue weighted by Gasteiger charge is 2.10. The molecule has 0 radical (unpaired) electrons. The van der Waals surface area contributed by atoms with E-state index < -0.39 is 0 Å². The molecular weight excluding hydrogens is 346 g/mol. The third-order valence-corrected chi connectivity index (χ3v) is 4.69. The minimum Gasteiger partial charge on any atom is -0.457 e. The highest BCUT2D eigenvalue weighted by Crippen LogP contribution is 2.29. The maximum Gasteiger partial charge on any atom is 0.127 e. The molecule has 2 aromatic carbocycles. The van der Waals surface area contributed by atoms with Crippen molar-refractivity contribution >= 4 is 27.3 Å². The molecule has 4 heteroatoms. The Hall–Kier alpha value is -1.62. The van der Waals surface area contributed by atoms with Gasteiger partial charge in [0, 0.05) is 0 Å². The van der Waals surface area contributed by atoms with E-state index in [1.807, 2.05) is 54.6 Å². The number of benzene rings is 2. The summed E-state index contributed by atoms with van der Waals surface area (Å²) >= 11 is 5.11. The molecule has 1 atom stereocenters. The molecule has 0 amide bonds. The lowest BCUT2D eigenvalue weighted by atomic mass is 10.0. The molecule has 21 heavy (non-hydrogen) atoms. The molecule has 0 bridgehead atoms. The first-order valence-electron chi connectivity index (χ1n) is 6.55. The predicted octanol–water partition coefficient (Wildman–Crippen LogP) is 5.35. The Bertz CT molecular complexity index is 709. The molecule has 0 aliphatic rings. The summed E-state index contributed by atoms with van der Waals surface area (Å²) in [7, 11) is 0. The van der Waals surface area contributed by atoms with Crippen LogP contribution in [-0.2, 0) is 0 Å². The molecule has 0 aliphatic heterocycles. The second-order valence-electron chi connectivity index (χ2n) is 4.65. The van der Waals surface area contributed by atoms with Gasteiger partial charge in [0.2, 0.25) is 0 Å². The summed E-state index contributed by atoms with van der Waals surface area (Å²) in [4.78, 5) is 0. The first-order chi connectivity index (χ1) is 10.2. The van der Waals surface area contributed by atoms with Crippen LogP contribution in [0.3, 0.4) is 0 Å². The first kappa shape index (κ1) is 14.3. The second-order valence-corrected chi connectivity index (χ2v) is 6.94. The van der Waals surface area contributed by atoms with E-state index in [-0.39, 0.29) is 6.04 Å². The van der Waals surface area contributed by atoms with Gasteiger partial charge in [-0.1, -0.05) is 30.3 Å². The lowest BCUT2D eigenvalue weighted by Crippen LogP contribution is -2.10. The zero-order valence-corrected chi connectivity index (χ0v) is 13.6. The summed E-state index contributed by atoms with van der Waals surface area (Å²) in [5.74, 6) is 1.64. The topological polar surface area (TPSA) is 35.2 Å². The number of hydrogen-bond acceptors (Lipinski definition) is 3. The third-order valence-electron chi connectivity index (χ3n) is 3.16. The predicted molar refractivity (Wildman–Crippen MR) is 91.0 cm³/mol. The van der Waals surface area contributed by atoms with Gasteiger partial charge >= 0.3 is 0 Å². The van der Waals surface area contributed by atoms with Crippen LogP contribution in [0.1, 0.15) is 17.2 Å². The molecule has 3 aromatic rings. The number of rotatable bonds is 4. The van der Waals surface area contributed by atoms with Crippen LogP contribution in [0.2, 0.25) is 0 Å². The number of thiophene rings is 1. The Morgan fingerprint density at radius 3 is 2.19 bits per heavy atom. The average Bonchev–Trinajstić information content (AvgIpc) is 2.95. The number of ether oxygens (including phenoxy) is 1. The van der Waals surface area contributed by atoms with Gasteiger partial charge in [0.05, 0.1) is 9.83 Å². The van der Waals surface area contributed by atoms with Crippen LogP contribution in [-0.4, -0.2) is 0 Å². The van der Waals surface area contributed by atoms with Crippen LogP contribution in [0.25, 0.3) is 0 Å². The van der Waals surface area contributed by atoms with Gasteiger partial charge in [-0.3, -0.25) is 0 Å². The van der Waals surface area contributed by atoms with Crippen LogP contribution in [0.5, 0.6) is 11.5 Å². The molecule has 0 saturated heterocycles. The van der Waals surface area contributed by atoms with Gasteiger partial charge in [-0.25, -0.2) is 0 Å². The Kier molecular flexibility index (Phi) is 4.39. The van der Waals surface area contributed by atoms with Crippen molar-refractivity contribution in [3.8, 4) is 11.5 Å². The lowest BCUT2D eigenvalue weighted by Gasteiger charge is -2.11. The molecule has 106 valence electrons. The normalized spacial score (nSPS) is 12.1. The molecule has 3 rings (SSSR count). The maximum atomic E-state index is 6.28. The molecule has 0 aliphatic carbocycles. The average molecular weight is 360 g/mol. The van der Waals surface area contributed by atoms with Crippen molar-refractivity contribution in [2.24, 2.45) is 5.73 Å². The Labute approximate surface area is 136 Å². The van der Waals surface area contributed by atoms with Gasteiger partial charge in [0.25, 0.3) is 0 Å². The van der Waals surface area contributed by atoms with Crippen molar-refractivity contribution in [3.63, 3.8) is 0 Å². The van der Waals surface area contributed by atoms with E-state index in [0.717, 1.165) is 26.4 Å². The fraction of sp³-hybridized carbons (Fsp3) is 0.0588. The lowest BCUT2D eigenvalue weighted by molar-refractivity contribution is 0.482. The summed E-state index contributed by atoms with van der Waals surface area (Å²) in [6.07, 6.45) is 0. The molecule has 2 N–H and O–H groups in total. The molecular formula is C17H14BrNOS. The summed E-state index contributed by atoms with van der Waals surface area (Å²) in [5.41, 5.74) is 8.46. The smallest absolute Gasteiger partial charge is 0.127 e. The summed E-state index contributed by atoms with van der Waals surface area (Å²) < 4.78 is 6.87. The van der Waals surface area contributed by atoms with E-state index in [0.29, 0.717) is 0 Å². The van der Waals surface area contributed by atoms with E-state index >= 15 is 0 Å². The van der Waals surface area contributed by atoms with Crippen molar-refractivity contribution < 1.29 is 4.74 Å². The van der Waals surface area contributed by atoms with Crippen molar-refractivity contribution in [3.05, 3.63) is 81.0 Å². The zero-order chi connectivity index (χ0) is 14.7. The van der Waals surface area contributed by atoms with Gasteiger partial charge in [-0.15, -0.1) is 11.3 Å². The molecule has 2 nitrogen and oxygen atoms in total. The van der Waals surface area contributed by atoms with E-state index in [1.165, 1.54) is 0 Å². The monoisotopic (exact) mass is 359 g/mol. The summed E-state index contributed by atoms with van der Waals surface area (Å²) in [5, 5.41) is 2.07. The van der Waals surface area contributed by atoms with Gasteiger partial charge < -0.3 is 10.5 Å². The molecule has 0 spiro atoms. The second kappa shape index (κ2) is 6.43. The number of hydrogen-bond donors (Lipinski definition) is 1. The quantitative estimate of drug-likeness (QED) is 0.681. The van der Waals surface area contributed by atoms with Crippen LogP contribution in [0.4, 0.5) is 0 Å². The molecule has 0 fully saturated rings. The van der Waals surface area contributed by atoms with Crippen molar-refractivity contribution in [1.29, 1.82) is 0 Å². The highest BCUT2D eigenvalue weighted by atomic mass is 79.9.